The van der Waals surface area contributed by atoms with Crippen molar-refractivity contribution in [2.24, 2.45) is 0 Å². The van der Waals surface area contributed by atoms with Crippen LogP contribution in [0.4, 0.5) is 0 Å². The van der Waals surface area contributed by atoms with E-state index in [1.807, 2.05) is 0 Å². The van der Waals surface area contributed by atoms with Crippen LogP contribution in [0.25, 0.3) is 22.1 Å². The first-order valence-corrected chi connectivity index (χ1v) is 6.76. The molecular formula is C17H14O6. The highest BCUT2D eigenvalue weighted by Crippen LogP contribution is 2.35. The van der Waals surface area contributed by atoms with E-state index >= 15 is 0 Å². The number of benzene rings is 2. The predicted octanol–water partition coefficient (Wildman–Crippen LogP) is 2.89. The fraction of sp³-hybridized carbons (Fsp3) is 0.118. The topological polar surface area (TPSA) is 89.1 Å². The lowest BCUT2D eigenvalue weighted by molar-refractivity contribution is 0.311. The summed E-state index contributed by atoms with van der Waals surface area (Å²) in [7, 11) is 2.78. The van der Waals surface area contributed by atoms with Crippen LogP contribution in [0.15, 0.2) is 45.6 Å². The molecule has 0 unspecified atom stereocenters. The van der Waals surface area contributed by atoms with Crippen LogP contribution >= 0.6 is 0 Å². The summed E-state index contributed by atoms with van der Waals surface area (Å²) in [5, 5.41) is 19.3. The molecule has 6 nitrogen and oxygen atoms in total. The molecule has 0 aliphatic heterocycles. The van der Waals surface area contributed by atoms with E-state index in [-0.39, 0.29) is 45.2 Å². The van der Waals surface area contributed by atoms with Crippen LogP contribution in [-0.4, -0.2) is 24.4 Å². The van der Waals surface area contributed by atoms with Gasteiger partial charge in [-0.05, 0) is 17.7 Å². The smallest absolute Gasteiger partial charge is 0.296 e. The van der Waals surface area contributed by atoms with E-state index in [0.717, 1.165) is 0 Å². The summed E-state index contributed by atoms with van der Waals surface area (Å²) in [5.74, 6) is 0.217. The summed E-state index contributed by atoms with van der Waals surface area (Å²) in [6.07, 6.45) is 0. The number of aromatic hydroxyl groups is 2. The molecule has 0 radical (unpaired) electrons. The Balaban J connectivity index is 2.42. The molecule has 3 aromatic rings. The first-order valence-electron chi connectivity index (χ1n) is 6.76. The van der Waals surface area contributed by atoms with Gasteiger partial charge in [-0.3, -0.25) is 4.79 Å². The molecule has 0 amide bonds. The number of fused-ring (bicyclic) bond motifs is 1. The van der Waals surface area contributed by atoms with Gasteiger partial charge in [0, 0.05) is 12.1 Å². The van der Waals surface area contributed by atoms with Crippen molar-refractivity contribution in [1.29, 1.82) is 0 Å². The Morgan fingerprint density at radius 1 is 0.957 bits per heavy atom. The molecule has 23 heavy (non-hydrogen) atoms. The van der Waals surface area contributed by atoms with Crippen molar-refractivity contribution in [1.82, 2.24) is 0 Å². The number of rotatable bonds is 3. The standard InChI is InChI=1S/C17H14O6/c1-21-12-7-11(19)8-13-15(12)16(20)14(17(22-2)23-13)9-3-5-10(18)6-4-9/h3-8,18-19H,1-2H3. The third-order valence-electron chi connectivity index (χ3n) is 3.47. The molecule has 0 bridgehead atoms. The van der Waals surface area contributed by atoms with Crippen LogP contribution in [0, 0.1) is 0 Å². The molecule has 0 fully saturated rings. The number of methoxy groups -OCH3 is 2. The van der Waals surface area contributed by atoms with Gasteiger partial charge in [0.2, 0.25) is 5.43 Å². The Labute approximate surface area is 131 Å². The van der Waals surface area contributed by atoms with Crippen molar-refractivity contribution in [3.8, 4) is 34.3 Å². The summed E-state index contributed by atoms with van der Waals surface area (Å²) in [4.78, 5) is 12.9. The Kier molecular flexibility index (Phi) is 3.57. The molecule has 3 rings (SSSR count). The van der Waals surface area contributed by atoms with Crippen LogP contribution in [0.1, 0.15) is 0 Å². The summed E-state index contributed by atoms with van der Waals surface area (Å²) < 4.78 is 16.0. The van der Waals surface area contributed by atoms with Gasteiger partial charge in [-0.25, -0.2) is 0 Å². The van der Waals surface area contributed by atoms with E-state index in [9.17, 15) is 15.0 Å². The minimum Gasteiger partial charge on any atom is -0.508 e. The fourth-order valence-electron chi connectivity index (χ4n) is 2.43. The summed E-state index contributed by atoms with van der Waals surface area (Å²) in [6.45, 7) is 0. The molecule has 1 aromatic heterocycles. The van der Waals surface area contributed by atoms with Gasteiger partial charge in [0.25, 0.3) is 5.95 Å². The molecule has 0 spiro atoms. The molecular weight excluding hydrogens is 300 g/mol. The molecule has 2 aromatic carbocycles. The lowest BCUT2D eigenvalue weighted by Crippen LogP contribution is -2.08. The summed E-state index contributed by atoms with van der Waals surface area (Å²) >= 11 is 0. The second-order valence-electron chi connectivity index (χ2n) is 4.87. The van der Waals surface area contributed by atoms with E-state index in [1.54, 1.807) is 12.1 Å². The Morgan fingerprint density at radius 3 is 2.26 bits per heavy atom. The van der Waals surface area contributed by atoms with E-state index in [1.165, 1.54) is 38.5 Å². The Hall–Kier alpha value is -3.15. The molecule has 0 aliphatic carbocycles. The quantitative estimate of drug-likeness (QED) is 0.772. The first-order chi connectivity index (χ1) is 11.0. The van der Waals surface area contributed by atoms with Gasteiger partial charge >= 0.3 is 0 Å². The minimum absolute atomic E-state index is 0.0147. The second-order valence-corrected chi connectivity index (χ2v) is 4.87. The average molecular weight is 314 g/mol. The Morgan fingerprint density at radius 2 is 1.65 bits per heavy atom. The van der Waals surface area contributed by atoms with Crippen molar-refractivity contribution >= 4 is 11.0 Å². The number of phenolic OH excluding ortho intramolecular Hbond substituents is 2. The van der Waals surface area contributed by atoms with Crippen molar-refractivity contribution in [3.05, 3.63) is 46.6 Å². The number of hydrogen-bond acceptors (Lipinski definition) is 6. The predicted molar refractivity (Wildman–Crippen MR) is 84.4 cm³/mol. The molecule has 6 heteroatoms. The van der Waals surface area contributed by atoms with Gasteiger partial charge in [0.1, 0.15) is 33.8 Å². The molecule has 0 aliphatic rings. The zero-order chi connectivity index (χ0) is 16.6. The van der Waals surface area contributed by atoms with Crippen LogP contribution in [-0.2, 0) is 0 Å². The van der Waals surface area contributed by atoms with E-state index in [2.05, 4.69) is 0 Å². The zero-order valence-corrected chi connectivity index (χ0v) is 12.5. The molecule has 118 valence electrons. The number of hydrogen-bond donors (Lipinski definition) is 2. The average Bonchev–Trinajstić information content (AvgIpc) is 2.54. The maximum Gasteiger partial charge on any atom is 0.296 e. The molecule has 2 N–H and O–H groups in total. The van der Waals surface area contributed by atoms with Crippen molar-refractivity contribution in [2.75, 3.05) is 14.2 Å². The second kappa shape index (κ2) is 5.57. The van der Waals surface area contributed by atoms with Gasteiger partial charge in [-0.1, -0.05) is 12.1 Å². The maximum atomic E-state index is 12.9. The third-order valence-corrected chi connectivity index (χ3v) is 3.47. The molecule has 0 atom stereocenters. The lowest BCUT2D eigenvalue weighted by atomic mass is 10.0. The maximum absolute atomic E-state index is 12.9. The number of ether oxygens (including phenoxy) is 2. The van der Waals surface area contributed by atoms with Crippen LogP contribution in [0.3, 0.4) is 0 Å². The normalized spacial score (nSPS) is 10.7. The summed E-state index contributed by atoms with van der Waals surface area (Å²) in [5.41, 5.74) is 0.547. The van der Waals surface area contributed by atoms with Crippen LogP contribution < -0.4 is 14.9 Å². The van der Waals surface area contributed by atoms with E-state index in [4.69, 9.17) is 13.9 Å². The van der Waals surface area contributed by atoms with Crippen molar-refractivity contribution in [2.45, 2.75) is 0 Å². The van der Waals surface area contributed by atoms with Crippen LogP contribution in [0.2, 0.25) is 0 Å². The summed E-state index contributed by atoms with van der Waals surface area (Å²) in [6, 6.07) is 8.76. The van der Waals surface area contributed by atoms with E-state index < -0.39 is 0 Å². The highest BCUT2D eigenvalue weighted by atomic mass is 16.6. The lowest BCUT2D eigenvalue weighted by Gasteiger charge is -2.11. The largest absolute Gasteiger partial charge is 0.508 e. The highest BCUT2D eigenvalue weighted by Gasteiger charge is 2.20. The van der Waals surface area contributed by atoms with E-state index in [0.29, 0.717) is 5.56 Å². The minimum atomic E-state index is -0.356. The molecule has 0 saturated heterocycles. The molecule has 1 heterocycles. The van der Waals surface area contributed by atoms with Gasteiger partial charge in [-0.2, -0.15) is 0 Å². The van der Waals surface area contributed by atoms with Gasteiger partial charge in [0.15, 0.2) is 0 Å². The van der Waals surface area contributed by atoms with Crippen molar-refractivity contribution < 1.29 is 24.1 Å². The SMILES string of the molecule is COc1oc2cc(O)cc(OC)c2c(=O)c1-c1ccc(O)cc1. The van der Waals surface area contributed by atoms with Gasteiger partial charge in [0.05, 0.1) is 14.2 Å². The van der Waals surface area contributed by atoms with Gasteiger partial charge < -0.3 is 24.1 Å². The Bertz CT molecular complexity index is 924. The highest BCUT2D eigenvalue weighted by molar-refractivity contribution is 5.90. The first kappa shape index (κ1) is 14.8. The van der Waals surface area contributed by atoms with Crippen molar-refractivity contribution in [3.63, 3.8) is 0 Å². The van der Waals surface area contributed by atoms with Crippen LogP contribution in [0.5, 0.6) is 23.2 Å². The fourth-order valence-corrected chi connectivity index (χ4v) is 2.43. The van der Waals surface area contributed by atoms with Gasteiger partial charge in [-0.15, -0.1) is 0 Å². The zero-order valence-electron chi connectivity index (χ0n) is 12.5. The number of phenols is 2. The molecule has 0 saturated carbocycles. The monoisotopic (exact) mass is 314 g/mol. The third kappa shape index (κ3) is 2.44.